The molecule has 0 aliphatic rings. The molecule has 2 N–H and O–H groups in total. The van der Waals surface area contributed by atoms with Crippen molar-refractivity contribution < 1.29 is 13.3 Å². The van der Waals surface area contributed by atoms with Crippen LogP contribution in [0.5, 0.6) is 0 Å². The van der Waals surface area contributed by atoms with Gasteiger partial charge in [-0.2, -0.15) is 5.10 Å². The molecule has 0 aliphatic heterocycles. The second-order valence-corrected chi connectivity index (χ2v) is 9.45. The zero-order valence-corrected chi connectivity index (χ0v) is 19.5. The topological polar surface area (TPSA) is 114 Å². The van der Waals surface area contributed by atoms with E-state index in [1.807, 2.05) is 42.5 Å². The Kier molecular flexibility index (Phi) is 6.49. The number of nitrogens with zero attached hydrogens (tertiary/aromatic N) is 2. The van der Waals surface area contributed by atoms with E-state index in [4.69, 9.17) is 11.6 Å². The molecule has 0 saturated carbocycles. The fourth-order valence-electron chi connectivity index (χ4n) is 3.31. The van der Waals surface area contributed by atoms with E-state index in [0.29, 0.717) is 5.71 Å². The predicted molar refractivity (Wildman–Crippen MR) is 135 cm³/mol. The molecule has 4 aromatic rings. The Morgan fingerprint density at radius 2 is 1.62 bits per heavy atom. The lowest BCUT2D eigenvalue weighted by molar-refractivity contribution is -0.385. The molecule has 0 radical (unpaired) electrons. The van der Waals surface area contributed by atoms with Crippen molar-refractivity contribution in [3.63, 3.8) is 0 Å². The normalized spacial score (nSPS) is 11.9. The number of halogens is 1. The van der Waals surface area contributed by atoms with Gasteiger partial charge in [0.25, 0.3) is 15.7 Å². The molecule has 172 valence electrons. The number of fused-ring (bicyclic) bond motifs is 1. The highest BCUT2D eigenvalue weighted by atomic mass is 35.5. The molecule has 0 aliphatic carbocycles. The highest BCUT2D eigenvalue weighted by Gasteiger charge is 2.23. The number of sulfonamides is 1. The van der Waals surface area contributed by atoms with Gasteiger partial charge in [0.2, 0.25) is 0 Å². The van der Waals surface area contributed by atoms with Gasteiger partial charge in [-0.3, -0.25) is 20.3 Å². The predicted octanol–water partition coefficient (Wildman–Crippen LogP) is 6.04. The summed E-state index contributed by atoms with van der Waals surface area (Å²) in [5.74, 6) is 0. The van der Waals surface area contributed by atoms with E-state index < -0.39 is 14.9 Å². The second kappa shape index (κ2) is 9.50. The summed E-state index contributed by atoms with van der Waals surface area (Å²) in [5.41, 5.74) is 4.04. The number of hydrazone groups is 1. The number of non-ortho nitro benzene ring substituents is 1. The van der Waals surface area contributed by atoms with Gasteiger partial charge in [0.05, 0.1) is 27.0 Å². The first kappa shape index (κ1) is 23.2. The number of para-hydroxylation sites is 1. The molecule has 0 bridgehead atoms. The molecule has 0 unspecified atom stereocenters. The third-order valence-electron chi connectivity index (χ3n) is 5.10. The molecule has 0 aromatic heterocycles. The molecule has 34 heavy (non-hydrogen) atoms. The Labute approximate surface area is 201 Å². The molecule has 0 heterocycles. The van der Waals surface area contributed by atoms with Gasteiger partial charge < -0.3 is 0 Å². The summed E-state index contributed by atoms with van der Waals surface area (Å²) in [5, 5.41) is 17.9. The van der Waals surface area contributed by atoms with E-state index in [1.165, 1.54) is 24.3 Å². The van der Waals surface area contributed by atoms with Crippen LogP contribution in [0.2, 0.25) is 5.02 Å². The maximum Gasteiger partial charge on any atom is 0.270 e. The minimum atomic E-state index is -4.23. The largest absolute Gasteiger partial charge is 0.278 e. The average Bonchev–Trinajstić information content (AvgIpc) is 2.83. The van der Waals surface area contributed by atoms with Crippen molar-refractivity contribution in [2.24, 2.45) is 5.10 Å². The number of nitro benzene ring substituents is 1. The van der Waals surface area contributed by atoms with Crippen molar-refractivity contribution in [3.05, 3.63) is 106 Å². The Morgan fingerprint density at radius 1 is 0.912 bits per heavy atom. The van der Waals surface area contributed by atoms with Crippen molar-refractivity contribution in [3.8, 4) is 0 Å². The van der Waals surface area contributed by atoms with Gasteiger partial charge in [-0.25, -0.2) is 8.42 Å². The molecule has 10 heteroatoms. The smallest absolute Gasteiger partial charge is 0.270 e. The summed E-state index contributed by atoms with van der Waals surface area (Å²) < 4.78 is 28.6. The summed E-state index contributed by atoms with van der Waals surface area (Å²) >= 11 is 6.08. The molecular formula is C24H19ClN4O4S. The Hall–Kier alpha value is -3.95. The lowest BCUT2D eigenvalue weighted by Crippen LogP contribution is -2.15. The van der Waals surface area contributed by atoms with Crippen LogP contribution in [0.25, 0.3) is 10.8 Å². The van der Waals surface area contributed by atoms with Crippen molar-refractivity contribution in [1.82, 2.24) is 0 Å². The first-order chi connectivity index (χ1) is 16.2. The minimum absolute atomic E-state index is 0.0743. The Balaban J connectivity index is 1.69. The highest BCUT2D eigenvalue weighted by molar-refractivity contribution is 7.93. The molecule has 0 spiro atoms. The molecule has 0 fully saturated rings. The van der Waals surface area contributed by atoms with Gasteiger partial charge in [0.15, 0.2) is 0 Å². The van der Waals surface area contributed by atoms with Crippen molar-refractivity contribution in [2.45, 2.75) is 11.8 Å². The monoisotopic (exact) mass is 494 g/mol. The third kappa shape index (κ3) is 5.00. The second-order valence-electron chi connectivity index (χ2n) is 7.39. The van der Waals surface area contributed by atoms with Crippen LogP contribution in [0.4, 0.5) is 17.1 Å². The Bertz CT molecular complexity index is 1540. The summed E-state index contributed by atoms with van der Waals surface area (Å²) in [6, 6.07) is 23.5. The quantitative estimate of drug-likeness (QED) is 0.185. The standard InChI is InChI=1S/C24H19ClN4O4S/c1-16(18-11-10-17-6-2-3-7-19(17)14-18)26-27-23-13-12-20(29(30)31)15-24(23)34(32,33)28-22-9-5-4-8-21(22)25/h2-15,27-28H,1H3/b26-16+. The van der Waals surface area contributed by atoms with Crippen LogP contribution in [-0.2, 0) is 10.0 Å². The molecule has 0 amide bonds. The van der Waals surface area contributed by atoms with Crippen molar-refractivity contribution in [1.29, 1.82) is 0 Å². The van der Waals surface area contributed by atoms with Gasteiger partial charge in [-0.05, 0) is 47.5 Å². The fraction of sp³-hybridized carbons (Fsp3) is 0.0417. The van der Waals surface area contributed by atoms with Crippen LogP contribution in [-0.4, -0.2) is 19.1 Å². The van der Waals surface area contributed by atoms with E-state index in [2.05, 4.69) is 15.2 Å². The zero-order valence-electron chi connectivity index (χ0n) is 17.9. The first-order valence-corrected chi connectivity index (χ1v) is 12.0. The van der Waals surface area contributed by atoms with Crippen molar-refractivity contribution >= 4 is 55.2 Å². The lowest BCUT2D eigenvalue weighted by Gasteiger charge is -2.13. The highest BCUT2D eigenvalue weighted by Crippen LogP contribution is 2.30. The number of nitrogens with one attached hydrogen (secondary N) is 2. The maximum absolute atomic E-state index is 13.1. The van der Waals surface area contributed by atoms with Gasteiger partial charge in [0.1, 0.15) is 4.90 Å². The van der Waals surface area contributed by atoms with Crippen molar-refractivity contribution in [2.75, 3.05) is 10.1 Å². The van der Waals surface area contributed by atoms with Crippen LogP contribution in [0.1, 0.15) is 12.5 Å². The fourth-order valence-corrected chi connectivity index (χ4v) is 4.80. The molecule has 4 rings (SSSR count). The van der Waals surface area contributed by atoms with Crippen LogP contribution < -0.4 is 10.1 Å². The number of rotatable bonds is 7. The van der Waals surface area contributed by atoms with Gasteiger partial charge in [-0.1, -0.05) is 60.1 Å². The zero-order chi connectivity index (χ0) is 24.3. The summed E-state index contributed by atoms with van der Waals surface area (Å²) in [4.78, 5) is 10.3. The Morgan fingerprint density at radius 3 is 2.35 bits per heavy atom. The number of nitro groups is 1. The number of benzene rings is 4. The van der Waals surface area contributed by atoms with Gasteiger partial charge in [0, 0.05) is 12.1 Å². The van der Waals surface area contributed by atoms with E-state index in [1.54, 1.807) is 19.1 Å². The van der Waals surface area contributed by atoms with E-state index in [9.17, 15) is 18.5 Å². The number of hydrogen-bond acceptors (Lipinski definition) is 6. The van der Waals surface area contributed by atoms with E-state index >= 15 is 0 Å². The third-order valence-corrected chi connectivity index (χ3v) is 6.83. The summed E-state index contributed by atoms with van der Waals surface area (Å²) in [6.07, 6.45) is 0. The van der Waals surface area contributed by atoms with Gasteiger partial charge in [-0.15, -0.1) is 0 Å². The maximum atomic E-state index is 13.1. The molecule has 0 saturated heterocycles. The van der Waals surface area contributed by atoms with Crippen LogP contribution >= 0.6 is 11.6 Å². The van der Waals surface area contributed by atoms with Crippen LogP contribution in [0.15, 0.2) is 94.9 Å². The number of anilines is 2. The van der Waals surface area contributed by atoms with Gasteiger partial charge >= 0.3 is 0 Å². The lowest BCUT2D eigenvalue weighted by atomic mass is 10.0. The number of hydrogen-bond donors (Lipinski definition) is 2. The summed E-state index contributed by atoms with van der Waals surface area (Å²) in [7, 11) is -4.23. The molecule has 8 nitrogen and oxygen atoms in total. The molecule has 4 aromatic carbocycles. The SMILES string of the molecule is C/C(=N\Nc1ccc([N+](=O)[O-])cc1S(=O)(=O)Nc1ccccc1Cl)c1ccc2ccccc2c1. The molecular weight excluding hydrogens is 476 g/mol. The minimum Gasteiger partial charge on any atom is -0.278 e. The van der Waals surface area contributed by atoms with E-state index in [0.717, 1.165) is 22.4 Å². The van der Waals surface area contributed by atoms with Crippen LogP contribution in [0.3, 0.4) is 0 Å². The molecule has 0 atom stereocenters. The average molecular weight is 495 g/mol. The van der Waals surface area contributed by atoms with Crippen LogP contribution in [0, 0.1) is 10.1 Å². The summed E-state index contributed by atoms with van der Waals surface area (Å²) in [6.45, 7) is 1.78. The van der Waals surface area contributed by atoms with E-state index in [-0.39, 0.29) is 27.0 Å². The first-order valence-electron chi connectivity index (χ1n) is 10.1.